The molecule has 0 saturated carbocycles. The van der Waals surface area contributed by atoms with E-state index >= 15 is 0 Å². The van der Waals surface area contributed by atoms with Crippen LogP contribution in [0.5, 0.6) is 0 Å². The summed E-state index contributed by atoms with van der Waals surface area (Å²) in [5.74, 6) is 1.38. The zero-order valence-electron chi connectivity index (χ0n) is 13.3. The number of oxazole rings is 1. The molecule has 4 rings (SSSR count). The first kappa shape index (κ1) is 15.1. The van der Waals surface area contributed by atoms with Gasteiger partial charge >= 0.3 is 0 Å². The Kier molecular flexibility index (Phi) is 3.89. The molecule has 1 aliphatic heterocycles. The van der Waals surface area contributed by atoms with Crippen molar-refractivity contribution in [1.29, 1.82) is 0 Å². The first-order chi connectivity index (χ1) is 11.7. The van der Waals surface area contributed by atoms with Gasteiger partial charge in [-0.3, -0.25) is 0 Å². The first-order valence-electron chi connectivity index (χ1n) is 7.77. The van der Waals surface area contributed by atoms with Crippen molar-refractivity contribution in [3.8, 4) is 0 Å². The molecule has 1 saturated heterocycles. The fraction of sp³-hybridized carbons (Fsp3) is 0.312. The summed E-state index contributed by atoms with van der Waals surface area (Å²) in [6, 6.07) is 10.3. The monoisotopic (exact) mass is 342 g/mol. The van der Waals surface area contributed by atoms with Crippen molar-refractivity contribution < 1.29 is 4.42 Å². The van der Waals surface area contributed by atoms with Gasteiger partial charge in [0.2, 0.25) is 0 Å². The Labute approximate surface area is 143 Å². The molecule has 0 amide bonds. The van der Waals surface area contributed by atoms with E-state index in [4.69, 9.17) is 10.2 Å². The van der Waals surface area contributed by atoms with Gasteiger partial charge in [-0.05, 0) is 18.4 Å². The molecule has 0 aliphatic carbocycles. The SMILES string of the molecule is CSc1nc(N)cc(N2CCN(c3nc4ccccc4o3)CC2)n1. The topological polar surface area (TPSA) is 84.3 Å². The van der Waals surface area contributed by atoms with Crippen LogP contribution in [0.1, 0.15) is 0 Å². The van der Waals surface area contributed by atoms with E-state index in [1.807, 2.05) is 36.6 Å². The summed E-state index contributed by atoms with van der Waals surface area (Å²) in [6.07, 6.45) is 1.95. The van der Waals surface area contributed by atoms with Gasteiger partial charge in [0, 0.05) is 32.2 Å². The average Bonchev–Trinajstić information content (AvgIpc) is 3.05. The normalized spacial score (nSPS) is 15.2. The van der Waals surface area contributed by atoms with Crippen LogP contribution in [0.15, 0.2) is 39.9 Å². The molecule has 3 aromatic rings. The van der Waals surface area contributed by atoms with Gasteiger partial charge in [-0.1, -0.05) is 23.9 Å². The van der Waals surface area contributed by atoms with Crippen LogP contribution in [0.3, 0.4) is 0 Å². The second kappa shape index (κ2) is 6.20. The third kappa shape index (κ3) is 2.84. The third-order valence-corrected chi connectivity index (χ3v) is 4.60. The second-order valence-electron chi connectivity index (χ2n) is 5.58. The van der Waals surface area contributed by atoms with E-state index in [0.717, 1.165) is 43.1 Å². The summed E-state index contributed by atoms with van der Waals surface area (Å²) in [5, 5.41) is 0.700. The maximum absolute atomic E-state index is 5.88. The van der Waals surface area contributed by atoms with Crippen LogP contribution in [0.4, 0.5) is 17.7 Å². The molecule has 1 aromatic carbocycles. The van der Waals surface area contributed by atoms with Crippen LogP contribution in [0.2, 0.25) is 0 Å². The number of rotatable bonds is 3. The van der Waals surface area contributed by atoms with Crippen LogP contribution in [-0.4, -0.2) is 47.4 Å². The van der Waals surface area contributed by atoms with Gasteiger partial charge in [0.15, 0.2) is 10.7 Å². The number of hydrogen-bond donors (Lipinski definition) is 1. The highest BCUT2D eigenvalue weighted by Gasteiger charge is 2.22. The number of benzene rings is 1. The molecule has 0 bridgehead atoms. The Hall–Kier alpha value is -2.48. The van der Waals surface area contributed by atoms with Crippen molar-refractivity contribution in [2.24, 2.45) is 0 Å². The lowest BCUT2D eigenvalue weighted by Gasteiger charge is -2.34. The van der Waals surface area contributed by atoms with Gasteiger partial charge in [-0.25, -0.2) is 9.97 Å². The molecule has 0 unspecified atom stereocenters. The lowest BCUT2D eigenvalue weighted by molar-refractivity contribution is 0.540. The molecule has 0 spiro atoms. The van der Waals surface area contributed by atoms with E-state index in [-0.39, 0.29) is 0 Å². The third-order valence-electron chi connectivity index (χ3n) is 4.05. The van der Waals surface area contributed by atoms with E-state index in [1.54, 1.807) is 0 Å². The summed E-state index contributed by atoms with van der Waals surface area (Å²) in [6.45, 7) is 3.32. The Morgan fingerprint density at radius 3 is 2.54 bits per heavy atom. The second-order valence-corrected chi connectivity index (χ2v) is 6.35. The minimum atomic E-state index is 0.505. The molecule has 24 heavy (non-hydrogen) atoms. The summed E-state index contributed by atoms with van der Waals surface area (Å²) in [5.41, 5.74) is 7.59. The highest BCUT2D eigenvalue weighted by molar-refractivity contribution is 7.98. The average molecular weight is 342 g/mol. The van der Waals surface area contributed by atoms with Crippen molar-refractivity contribution in [2.45, 2.75) is 5.16 Å². The number of nitrogen functional groups attached to an aromatic ring is 1. The van der Waals surface area contributed by atoms with E-state index in [9.17, 15) is 0 Å². The lowest BCUT2D eigenvalue weighted by Crippen LogP contribution is -2.47. The van der Waals surface area contributed by atoms with E-state index in [0.29, 0.717) is 17.0 Å². The van der Waals surface area contributed by atoms with Crippen LogP contribution >= 0.6 is 11.8 Å². The molecule has 3 heterocycles. The zero-order chi connectivity index (χ0) is 16.5. The number of nitrogens with zero attached hydrogens (tertiary/aromatic N) is 5. The van der Waals surface area contributed by atoms with E-state index in [1.165, 1.54) is 11.8 Å². The van der Waals surface area contributed by atoms with Crippen molar-refractivity contribution >= 4 is 40.5 Å². The van der Waals surface area contributed by atoms with Crippen molar-refractivity contribution in [3.05, 3.63) is 30.3 Å². The fourth-order valence-corrected chi connectivity index (χ4v) is 3.19. The summed E-state index contributed by atoms with van der Waals surface area (Å²) in [7, 11) is 0. The minimum Gasteiger partial charge on any atom is -0.423 e. The molecule has 1 fully saturated rings. The number of aromatic nitrogens is 3. The van der Waals surface area contributed by atoms with Crippen LogP contribution < -0.4 is 15.5 Å². The molecular formula is C16H18N6OS. The summed E-state index contributed by atoms with van der Waals surface area (Å²) < 4.78 is 5.85. The molecular weight excluding hydrogens is 324 g/mol. The summed E-state index contributed by atoms with van der Waals surface area (Å²) >= 11 is 1.50. The van der Waals surface area contributed by atoms with Crippen molar-refractivity contribution in [2.75, 3.05) is 48.0 Å². The Morgan fingerprint density at radius 1 is 1.04 bits per heavy atom. The zero-order valence-corrected chi connectivity index (χ0v) is 14.2. The summed E-state index contributed by atoms with van der Waals surface area (Å²) in [4.78, 5) is 17.7. The lowest BCUT2D eigenvalue weighted by atomic mass is 10.3. The van der Waals surface area contributed by atoms with Gasteiger partial charge < -0.3 is 20.0 Å². The predicted molar refractivity (Wildman–Crippen MR) is 96.7 cm³/mol. The van der Waals surface area contributed by atoms with Crippen molar-refractivity contribution in [1.82, 2.24) is 15.0 Å². The van der Waals surface area contributed by atoms with Gasteiger partial charge in [-0.15, -0.1) is 0 Å². The molecule has 1 aliphatic rings. The van der Waals surface area contributed by atoms with Gasteiger partial charge in [0.25, 0.3) is 6.01 Å². The number of para-hydroxylation sites is 2. The van der Waals surface area contributed by atoms with Crippen LogP contribution in [0, 0.1) is 0 Å². The van der Waals surface area contributed by atoms with Crippen molar-refractivity contribution in [3.63, 3.8) is 0 Å². The molecule has 0 atom stereocenters. The maximum atomic E-state index is 5.88. The Balaban J connectivity index is 1.49. The molecule has 0 radical (unpaired) electrons. The van der Waals surface area contributed by atoms with E-state index < -0.39 is 0 Å². The fourth-order valence-electron chi connectivity index (χ4n) is 2.81. The standard InChI is InChI=1S/C16H18N6OS/c1-24-15-19-13(17)10-14(20-15)21-6-8-22(9-7-21)16-18-11-4-2-3-5-12(11)23-16/h2-5,10H,6-9H2,1H3,(H2,17,19,20). The first-order valence-corrected chi connectivity index (χ1v) is 8.99. The number of hydrogen-bond acceptors (Lipinski definition) is 8. The molecule has 8 heteroatoms. The van der Waals surface area contributed by atoms with Crippen LogP contribution in [-0.2, 0) is 0 Å². The largest absolute Gasteiger partial charge is 0.423 e. The van der Waals surface area contributed by atoms with Crippen LogP contribution in [0.25, 0.3) is 11.1 Å². The molecule has 124 valence electrons. The molecule has 7 nitrogen and oxygen atoms in total. The number of fused-ring (bicyclic) bond motifs is 1. The smallest absolute Gasteiger partial charge is 0.298 e. The molecule has 2 N–H and O–H groups in total. The van der Waals surface area contributed by atoms with Gasteiger partial charge in [0.05, 0.1) is 0 Å². The number of nitrogens with two attached hydrogens (primary N) is 1. The van der Waals surface area contributed by atoms with Gasteiger partial charge in [-0.2, -0.15) is 4.98 Å². The minimum absolute atomic E-state index is 0.505. The Bertz CT molecular complexity index is 826. The van der Waals surface area contributed by atoms with Gasteiger partial charge in [0.1, 0.15) is 17.2 Å². The number of thioether (sulfide) groups is 1. The highest BCUT2D eigenvalue weighted by Crippen LogP contribution is 2.24. The Morgan fingerprint density at radius 2 is 1.79 bits per heavy atom. The predicted octanol–water partition coefficient (Wildman–Crippen LogP) is 2.25. The number of anilines is 3. The quantitative estimate of drug-likeness (QED) is 0.573. The maximum Gasteiger partial charge on any atom is 0.298 e. The molecule has 2 aromatic heterocycles. The van der Waals surface area contributed by atoms with E-state index in [2.05, 4.69) is 24.8 Å². The highest BCUT2D eigenvalue weighted by atomic mass is 32.2. The number of piperazine rings is 1.